The molecule has 0 radical (unpaired) electrons. The number of hydrazone groups is 1. The number of hydrogen-bond acceptors (Lipinski definition) is 4. The van der Waals surface area contributed by atoms with Crippen molar-refractivity contribution in [2.45, 2.75) is 18.9 Å². The Hall–Kier alpha value is -3.71. The minimum absolute atomic E-state index is 0.195. The predicted octanol–water partition coefficient (Wildman–Crippen LogP) is 5.04. The molecule has 1 unspecified atom stereocenters. The van der Waals surface area contributed by atoms with Crippen LogP contribution in [0.3, 0.4) is 0 Å². The van der Waals surface area contributed by atoms with Crippen molar-refractivity contribution in [1.29, 1.82) is 0 Å². The molecule has 0 aliphatic carbocycles. The molecule has 0 bridgehead atoms. The van der Waals surface area contributed by atoms with Crippen molar-refractivity contribution in [3.63, 3.8) is 0 Å². The normalized spacial score (nSPS) is 15.5. The first-order chi connectivity index (χ1) is 16.2. The van der Waals surface area contributed by atoms with Crippen LogP contribution in [0.15, 0.2) is 90.2 Å². The molecule has 1 aromatic heterocycles. The summed E-state index contributed by atoms with van der Waals surface area (Å²) in [7, 11) is 0. The van der Waals surface area contributed by atoms with Crippen LogP contribution in [0.4, 0.5) is 4.39 Å². The summed E-state index contributed by atoms with van der Waals surface area (Å²) in [5, 5.41) is 10.5. The highest BCUT2D eigenvalue weighted by Crippen LogP contribution is 2.32. The number of benzene rings is 3. The first-order valence-corrected chi connectivity index (χ1v) is 11.2. The second-order valence-corrected chi connectivity index (χ2v) is 8.26. The molecule has 164 valence electrons. The van der Waals surface area contributed by atoms with Crippen LogP contribution >= 0.6 is 12.2 Å². The van der Waals surface area contributed by atoms with Crippen LogP contribution in [0.2, 0.25) is 0 Å². The second-order valence-electron chi connectivity index (χ2n) is 7.87. The van der Waals surface area contributed by atoms with Gasteiger partial charge < -0.3 is 5.32 Å². The van der Waals surface area contributed by atoms with Crippen LogP contribution in [0.25, 0.3) is 11.0 Å². The lowest BCUT2D eigenvalue weighted by Crippen LogP contribution is -2.38. The van der Waals surface area contributed by atoms with Gasteiger partial charge in [0, 0.05) is 13.0 Å². The van der Waals surface area contributed by atoms with E-state index in [1.165, 1.54) is 17.7 Å². The Kier molecular flexibility index (Phi) is 6.04. The summed E-state index contributed by atoms with van der Waals surface area (Å²) >= 11 is 5.73. The highest BCUT2D eigenvalue weighted by Gasteiger charge is 2.32. The van der Waals surface area contributed by atoms with Crippen LogP contribution in [-0.2, 0) is 6.42 Å². The van der Waals surface area contributed by atoms with Gasteiger partial charge in [0.15, 0.2) is 5.11 Å². The molecule has 1 aliphatic rings. The van der Waals surface area contributed by atoms with Gasteiger partial charge in [-0.1, -0.05) is 54.6 Å². The van der Waals surface area contributed by atoms with E-state index in [9.17, 15) is 4.39 Å². The van der Waals surface area contributed by atoms with Gasteiger partial charge in [0.25, 0.3) is 0 Å². The van der Waals surface area contributed by atoms with E-state index < -0.39 is 0 Å². The zero-order valence-corrected chi connectivity index (χ0v) is 18.7. The zero-order chi connectivity index (χ0) is 22.6. The van der Waals surface area contributed by atoms with Gasteiger partial charge in [-0.3, -0.25) is 4.98 Å². The summed E-state index contributed by atoms with van der Waals surface area (Å²) < 4.78 is 13.4. The molecule has 0 spiro atoms. The zero-order valence-electron chi connectivity index (χ0n) is 17.9. The van der Waals surface area contributed by atoms with Crippen LogP contribution in [-0.4, -0.2) is 32.3 Å². The van der Waals surface area contributed by atoms with E-state index in [4.69, 9.17) is 22.3 Å². The largest absolute Gasteiger partial charge is 0.361 e. The third kappa shape index (κ3) is 4.73. The van der Waals surface area contributed by atoms with E-state index in [0.29, 0.717) is 18.1 Å². The standard InChI is InChI=1S/C26H22FN5S/c27-20-12-10-19(11-13-20)23-16-25(24-17-29-21-8-4-5-9-22(21)30-24)32(31-23)26(33)28-15-14-18-6-2-1-3-7-18/h1-13,17,25H,14-16H2,(H,28,33). The molecule has 5 nitrogen and oxygen atoms in total. The number of halogens is 1. The van der Waals surface area contributed by atoms with Gasteiger partial charge in [-0.15, -0.1) is 0 Å². The van der Waals surface area contributed by atoms with Crippen molar-refractivity contribution in [2.75, 3.05) is 6.54 Å². The Morgan fingerprint density at radius 2 is 1.70 bits per heavy atom. The van der Waals surface area contributed by atoms with Crippen molar-refractivity contribution in [3.8, 4) is 0 Å². The Morgan fingerprint density at radius 1 is 0.970 bits per heavy atom. The maximum Gasteiger partial charge on any atom is 0.190 e. The number of nitrogens with one attached hydrogen (secondary N) is 1. The Bertz CT molecular complexity index is 1310. The van der Waals surface area contributed by atoms with Gasteiger partial charge in [-0.25, -0.2) is 14.4 Å². The Balaban J connectivity index is 1.40. The average Bonchev–Trinajstić information content (AvgIpc) is 3.30. The van der Waals surface area contributed by atoms with Gasteiger partial charge in [0.2, 0.25) is 0 Å². The number of thiocarbonyl (C=S) groups is 1. The predicted molar refractivity (Wildman–Crippen MR) is 132 cm³/mol. The summed E-state index contributed by atoms with van der Waals surface area (Å²) in [6.07, 6.45) is 3.23. The molecule has 0 saturated heterocycles. The molecule has 1 atom stereocenters. The van der Waals surface area contributed by atoms with E-state index in [1.54, 1.807) is 23.3 Å². The topological polar surface area (TPSA) is 53.4 Å². The minimum atomic E-state index is -0.274. The number of hydrogen-bond donors (Lipinski definition) is 1. The lowest BCUT2D eigenvalue weighted by molar-refractivity contribution is 0.357. The summed E-state index contributed by atoms with van der Waals surface area (Å²) in [5.74, 6) is -0.274. The molecule has 7 heteroatoms. The summed E-state index contributed by atoms with van der Waals surface area (Å²) in [5.41, 5.74) is 5.40. The summed E-state index contributed by atoms with van der Waals surface area (Å²) in [6, 6.07) is 24.2. The van der Waals surface area contributed by atoms with Crippen molar-refractivity contribution < 1.29 is 4.39 Å². The molecule has 1 aliphatic heterocycles. The maximum absolute atomic E-state index is 13.4. The fourth-order valence-electron chi connectivity index (χ4n) is 3.92. The Morgan fingerprint density at radius 3 is 2.48 bits per heavy atom. The number of fused-ring (bicyclic) bond motifs is 1. The molecule has 0 fully saturated rings. The van der Waals surface area contributed by atoms with Crippen LogP contribution < -0.4 is 5.32 Å². The first kappa shape index (κ1) is 21.2. The molecule has 3 aromatic carbocycles. The molecular weight excluding hydrogens is 433 g/mol. The molecule has 0 amide bonds. The smallest absolute Gasteiger partial charge is 0.190 e. The number of rotatable bonds is 5. The number of nitrogens with zero attached hydrogens (tertiary/aromatic N) is 4. The summed E-state index contributed by atoms with van der Waals surface area (Å²) in [6.45, 7) is 0.691. The van der Waals surface area contributed by atoms with E-state index in [0.717, 1.165) is 34.4 Å². The fourth-order valence-corrected chi connectivity index (χ4v) is 4.19. The molecule has 4 aromatic rings. The number of aromatic nitrogens is 2. The molecule has 5 rings (SSSR count). The highest BCUT2D eigenvalue weighted by molar-refractivity contribution is 7.80. The van der Waals surface area contributed by atoms with Crippen LogP contribution in [0, 0.1) is 5.82 Å². The quantitative estimate of drug-likeness (QED) is 0.428. The number of para-hydroxylation sites is 2. The third-order valence-corrected chi connectivity index (χ3v) is 5.97. The minimum Gasteiger partial charge on any atom is -0.361 e. The highest BCUT2D eigenvalue weighted by atomic mass is 32.1. The molecule has 2 heterocycles. The third-order valence-electron chi connectivity index (χ3n) is 5.64. The van der Waals surface area contributed by atoms with Crippen LogP contribution in [0.5, 0.6) is 0 Å². The van der Waals surface area contributed by atoms with E-state index in [2.05, 4.69) is 22.4 Å². The average molecular weight is 456 g/mol. The second kappa shape index (κ2) is 9.42. The van der Waals surface area contributed by atoms with Gasteiger partial charge in [0.1, 0.15) is 11.9 Å². The monoisotopic (exact) mass is 455 g/mol. The molecule has 33 heavy (non-hydrogen) atoms. The van der Waals surface area contributed by atoms with Gasteiger partial charge >= 0.3 is 0 Å². The fraction of sp³-hybridized carbons (Fsp3) is 0.154. The van der Waals surface area contributed by atoms with Gasteiger partial charge in [-0.05, 0) is 54.0 Å². The molecular formula is C26H22FN5S. The van der Waals surface area contributed by atoms with Crippen LogP contribution in [0.1, 0.15) is 29.3 Å². The lowest BCUT2D eigenvalue weighted by atomic mass is 10.0. The van der Waals surface area contributed by atoms with E-state index >= 15 is 0 Å². The van der Waals surface area contributed by atoms with Gasteiger partial charge in [0.05, 0.1) is 28.6 Å². The van der Waals surface area contributed by atoms with Crippen molar-refractivity contribution in [3.05, 3.63) is 108 Å². The van der Waals surface area contributed by atoms with Gasteiger partial charge in [-0.2, -0.15) is 5.10 Å². The maximum atomic E-state index is 13.4. The molecule has 1 N–H and O–H groups in total. The van der Waals surface area contributed by atoms with E-state index in [-0.39, 0.29) is 11.9 Å². The first-order valence-electron chi connectivity index (χ1n) is 10.8. The lowest BCUT2D eigenvalue weighted by Gasteiger charge is -2.24. The molecule has 0 saturated carbocycles. The SMILES string of the molecule is Fc1ccc(C2=NN(C(=S)NCCc3ccccc3)C(c3cnc4ccccc4n3)C2)cc1. The van der Waals surface area contributed by atoms with Crippen molar-refractivity contribution in [2.24, 2.45) is 5.10 Å². The van der Waals surface area contributed by atoms with E-state index in [1.807, 2.05) is 42.5 Å². The van der Waals surface area contributed by atoms with Crippen molar-refractivity contribution in [1.82, 2.24) is 20.3 Å². The van der Waals surface area contributed by atoms with Crippen molar-refractivity contribution >= 4 is 34.1 Å². The summed E-state index contributed by atoms with van der Waals surface area (Å²) in [4.78, 5) is 9.41. The Labute approximate surface area is 197 Å².